The predicted octanol–water partition coefficient (Wildman–Crippen LogP) is 4.67. The molecule has 1 aromatic carbocycles. The average molecular weight is 254 g/mol. The first-order valence-electron chi connectivity index (χ1n) is 6.99. The SMILES string of the molecule is C=CCc1cc(C2(CCC)C=CC=CC2)ccc1O. The van der Waals surface area contributed by atoms with Gasteiger partial charge in [-0.3, -0.25) is 0 Å². The van der Waals surface area contributed by atoms with Crippen molar-refractivity contribution >= 4 is 0 Å². The summed E-state index contributed by atoms with van der Waals surface area (Å²) in [5.41, 5.74) is 2.35. The highest BCUT2D eigenvalue weighted by Gasteiger charge is 2.28. The van der Waals surface area contributed by atoms with Crippen LogP contribution in [0.1, 0.15) is 37.3 Å². The zero-order chi connectivity index (χ0) is 13.7. The van der Waals surface area contributed by atoms with Crippen LogP contribution in [0.15, 0.2) is 55.2 Å². The first kappa shape index (κ1) is 13.7. The lowest BCUT2D eigenvalue weighted by Crippen LogP contribution is -2.24. The minimum Gasteiger partial charge on any atom is -0.508 e. The Morgan fingerprint density at radius 1 is 1.37 bits per heavy atom. The molecule has 1 heteroatoms. The van der Waals surface area contributed by atoms with Gasteiger partial charge < -0.3 is 5.11 Å². The number of phenolic OH excluding ortho intramolecular Hbond substituents is 1. The summed E-state index contributed by atoms with van der Waals surface area (Å²) in [7, 11) is 0. The number of benzene rings is 1. The lowest BCUT2D eigenvalue weighted by atomic mass is 9.72. The lowest BCUT2D eigenvalue weighted by Gasteiger charge is -2.32. The Bertz CT molecular complexity index is 510. The van der Waals surface area contributed by atoms with Gasteiger partial charge in [0, 0.05) is 5.41 Å². The van der Waals surface area contributed by atoms with E-state index in [2.05, 4.69) is 49.9 Å². The van der Waals surface area contributed by atoms with Gasteiger partial charge in [0.25, 0.3) is 0 Å². The molecule has 0 heterocycles. The normalized spacial score (nSPS) is 21.5. The van der Waals surface area contributed by atoms with E-state index in [0.717, 1.165) is 24.8 Å². The molecular formula is C18H22O. The highest BCUT2D eigenvalue weighted by molar-refractivity contribution is 5.44. The number of rotatable bonds is 5. The minimum atomic E-state index is 0.0904. The van der Waals surface area contributed by atoms with Crippen LogP contribution in [0.5, 0.6) is 5.75 Å². The van der Waals surface area contributed by atoms with Crippen molar-refractivity contribution in [1.29, 1.82) is 0 Å². The highest BCUT2D eigenvalue weighted by atomic mass is 16.3. The van der Waals surface area contributed by atoms with Crippen molar-refractivity contribution in [2.75, 3.05) is 0 Å². The molecule has 0 saturated carbocycles. The molecule has 1 nitrogen and oxygen atoms in total. The Balaban J connectivity index is 2.42. The zero-order valence-corrected chi connectivity index (χ0v) is 11.6. The highest BCUT2D eigenvalue weighted by Crippen LogP contribution is 2.38. The molecule has 2 rings (SSSR count). The Kier molecular flexibility index (Phi) is 4.26. The van der Waals surface area contributed by atoms with Crippen molar-refractivity contribution < 1.29 is 5.11 Å². The van der Waals surface area contributed by atoms with E-state index in [1.165, 1.54) is 5.56 Å². The van der Waals surface area contributed by atoms with Gasteiger partial charge in [-0.2, -0.15) is 0 Å². The van der Waals surface area contributed by atoms with E-state index in [4.69, 9.17) is 0 Å². The summed E-state index contributed by atoms with van der Waals surface area (Å²) in [6.07, 6.45) is 14.6. The second kappa shape index (κ2) is 5.92. The van der Waals surface area contributed by atoms with Gasteiger partial charge in [-0.1, -0.05) is 55.9 Å². The fourth-order valence-corrected chi connectivity index (χ4v) is 2.87. The quantitative estimate of drug-likeness (QED) is 0.757. The predicted molar refractivity (Wildman–Crippen MR) is 81.5 cm³/mol. The number of hydrogen-bond donors (Lipinski definition) is 1. The summed E-state index contributed by atoms with van der Waals surface area (Å²) in [5.74, 6) is 0.366. The standard InChI is InChI=1S/C18H22O/c1-3-8-15-14-16(9-10-17(15)19)18(11-4-2)12-6-5-7-13-18/h3,5-7,9-10,12,14,19H,1,4,8,11,13H2,2H3. The average Bonchev–Trinajstić information content (AvgIpc) is 2.43. The number of allylic oxidation sites excluding steroid dienone is 5. The molecule has 0 saturated heterocycles. The molecule has 1 N–H and O–H groups in total. The summed E-state index contributed by atoms with van der Waals surface area (Å²) in [4.78, 5) is 0. The van der Waals surface area contributed by atoms with Crippen LogP contribution in [0.2, 0.25) is 0 Å². The Labute approximate surface area is 116 Å². The summed E-state index contributed by atoms with van der Waals surface area (Å²) < 4.78 is 0. The maximum Gasteiger partial charge on any atom is 0.119 e. The van der Waals surface area contributed by atoms with Crippen LogP contribution in [0.25, 0.3) is 0 Å². The third-order valence-electron chi connectivity index (χ3n) is 3.86. The molecular weight excluding hydrogens is 232 g/mol. The second-order valence-corrected chi connectivity index (χ2v) is 5.23. The summed E-state index contributed by atoms with van der Waals surface area (Å²) >= 11 is 0. The molecule has 1 aliphatic rings. The molecule has 0 amide bonds. The molecule has 0 bridgehead atoms. The van der Waals surface area contributed by atoms with Crippen LogP contribution in [-0.4, -0.2) is 5.11 Å². The van der Waals surface area contributed by atoms with Crippen LogP contribution >= 0.6 is 0 Å². The lowest BCUT2D eigenvalue weighted by molar-refractivity contribution is 0.463. The molecule has 0 spiro atoms. The van der Waals surface area contributed by atoms with Crippen molar-refractivity contribution in [2.45, 2.75) is 38.0 Å². The van der Waals surface area contributed by atoms with Crippen LogP contribution in [-0.2, 0) is 11.8 Å². The summed E-state index contributed by atoms with van der Waals surface area (Å²) in [6.45, 7) is 5.98. The summed E-state index contributed by atoms with van der Waals surface area (Å²) in [6, 6.07) is 6.01. The molecule has 0 aliphatic heterocycles. The molecule has 19 heavy (non-hydrogen) atoms. The third-order valence-corrected chi connectivity index (χ3v) is 3.86. The fourth-order valence-electron chi connectivity index (χ4n) is 2.87. The number of phenols is 1. The van der Waals surface area contributed by atoms with Crippen molar-refractivity contribution in [3.63, 3.8) is 0 Å². The maximum absolute atomic E-state index is 9.90. The van der Waals surface area contributed by atoms with Gasteiger partial charge in [-0.25, -0.2) is 0 Å². The van der Waals surface area contributed by atoms with E-state index in [-0.39, 0.29) is 5.41 Å². The fraction of sp³-hybridized carbons (Fsp3) is 0.333. The topological polar surface area (TPSA) is 20.2 Å². The van der Waals surface area contributed by atoms with E-state index in [1.807, 2.05) is 12.1 Å². The largest absolute Gasteiger partial charge is 0.508 e. The van der Waals surface area contributed by atoms with Gasteiger partial charge in [0.2, 0.25) is 0 Å². The van der Waals surface area contributed by atoms with Gasteiger partial charge >= 0.3 is 0 Å². The maximum atomic E-state index is 9.90. The van der Waals surface area contributed by atoms with Crippen LogP contribution in [0.4, 0.5) is 0 Å². The summed E-state index contributed by atoms with van der Waals surface area (Å²) in [5, 5.41) is 9.90. The zero-order valence-electron chi connectivity index (χ0n) is 11.6. The monoisotopic (exact) mass is 254 g/mol. The number of hydrogen-bond acceptors (Lipinski definition) is 1. The van der Waals surface area contributed by atoms with Gasteiger partial charge in [0.1, 0.15) is 5.75 Å². The van der Waals surface area contributed by atoms with E-state index in [1.54, 1.807) is 0 Å². The van der Waals surface area contributed by atoms with E-state index >= 15 is 0 Å². The Morgan fingerprint density at radius 3 is 2.84 bits per heavy atom. The minimum absolute atomic E-state index is 0.0904. The van der Waals surface area contributed by atoms with E-state index < -0.39 is 0 Å². The molecule has 1 atom stereocenters. The Hall–Kier alpha value is -1.76. The van der Waals surface area contributed by atoms with E-state index in [9.17, 15) is 5.11 Å². The second-order valence-electron chi connectivity index (χ2n) is 5.23. The van der Waals surface area contributed by atoms with Crippen molar-refractivity contribution in [1.82, 2.24) is 0 Å². The Morgan fingerprint density at radius 2 is 2.21 bits per heavy atom. The molecule has 0 radical (unpaired) electrons. The third kappa shape index (κ3) is 2.81. The van der Waals surface area contributed by atoms with Gasteiger partial charge in [0.15, 0.2) is 0 Å². The smallest absolute Gasteiger partial charge is 0.119 e. The molecule has 1 aromatic rings. The van der Waals surface area contributed by atoms with E-state index in [0.29, 0.717) is 12.2 Å². The van der Waals surface area contributed by atoms with Crippen LogP contribution in [0, 0.1) is 0 Å². The molecule has 100 valence electrons. The van der Waals surface area contributed by atoms with Crippen molar-refractivity contribution in [3.8, 4) is 5.75 Å². The van der Waals surface area contributed by atoms with Gasteiger partial charge in [-0.05, 0) is 36.5 Å². The van der Waals surface area contributed by atoms with Gasteiger partial charge in [0.05, 0.1) is 0 Å². The van der Waals surface area contributed by atoms with Crippen LogP contribution < -0.4 is 0 Å². The van der Waals surface area contributed by atoms with Crippen molar-refractivity contribution in [3.05, 3.63) is 66.3 Å². The molecule has 0 aromatic heterocycles. The van der Waals surface area contributed by atoms with Gasteiger partial charge in [-0.15, -0.1) is 6.58 Å². The molecule has 1 aliphatic carbocycles. The molecule has 1 unspecified atom stereocenters. The van der Waals surface area contributed by atoms with Crippen LogP contribution in [0.3, 0.4) is 0 Å². The first-order chi connectivity index (χ1) is 9.22. The first-order valence-corrected chi connectivity index (χ1v) is 6.99. The number of aromatic hydroxyl groups is 1. The molecule has 0 fully saturated rings. The van der Waals surface area contributed by atoms with Crippen molar-refractivity contribution in [2.24, 2.45) is 0 Å².